The minimum atomic E-state index is -4.42. The third kappa shape index (κ3) is 3.03. The van der Waals surface area contributed by atoms with Crippen LogP contribution in [0.5, 0.6) is 0 Å². The molecule has 0 spiro atoms. The second-order valence-electron chi connectivity index (χ2n) is 6.56. The predicted octanol–water partition coefficient (Wildman–Crippen LogP) is 4.67. The zero-order valence-corrected chi connectivity index (χ0v) is 15.6. The van der Waals surface area contributed by atoms with Gasteiger partial charge in [-0.25, -0.2) is 0 Å². The molecule has 1 amide bonds. The molecule has 0 radical (unpaired) electrons. The summed E-state index contributed by atoms with van der Waals surface area (Å²) in [6.07, 6.45) is -4.35. The molecule has 3 aromatic rings. The molecule has 1 aliphatic rings. The fourth-order valence-electron chi connectivity index (χ4n) is 3.44. The van der Waals surface area contributed by atoms with E-state index < -0.39 is 17.7 Å². The number of para-hydroxylation sites is 1. The third-order valence-corrected chi connectivity index (χ3v) is 5.96. The molecule has 0 saturated carbocycles. The van der Waals surface area contributed by atoms with Crippen molar-refractivity contribution in [2.24, 2.45) is 7.05 Å². The van der Waals surface area contributed by atoms with E-state index in [1.54, 1.807) is 31.3 Å². The van der Waals surface area contributed by atoms with Gasteiger partial charge in [0, 0.05) is 19.4 Å². The number of nitrogens with zero attached hydrogens (tertiary/aromatic N) is 2. The Balaban J connectivity index is 1.82. The molecule has 0 bridgehead atoms. The number of alkyl halides is 3. The Labute approximate surface area is 162 Å². The number of carbonyl (C=O) groups is 1. The molecular weight excluding hydrogens is 389 g/mol. The Bertz CT molecular complexity index is 1090. The zero-order chi connectivity index (χ0) is 20.1. The number of carbonyl (C=O) groups excluding carboxylic acids is 1. The van der Waals surface area contributed by atoms with Gasteiger partial charge in [-0.1, -0.05) is 41.7 Å². The summed E-state index contributed by atoms with van der Waals surface area (Å²) in [5, 5.41) is 0. The molecule has 0 saturated heterocycles. The molecule has 144 valence electrons. The van der Waals surface area contributed by atoms with Crippen molar-refractivity contribution in [3.63, 3.8) is 0 Å². The molecule has 1 aromatic heterocycles. The largest absolute Gasteiger partial charge is 0.416 e. The lowest BCUT2D eigenvalue weighted by atomic mass is 9.90. The highest BCUT2D eigenvalue weighted by molar-refractivity contribution is 7.10. The fourth-order valence-corrected chi connectivity index (χ4v) is 4.53. The quantitative estimate of drug-likeness (QED) is 0.623. The summed E-state index contributed by atoms with van der Waals surface area (Å²) in [7, 11) is 1.59. The molecule has 0 unspecified atom stereocenters. The molecule has 1 aliphatic heterocycles. The Hall–Kier alpha value is -2.87. The fraction of sp³-hybridized carbons (Fsp3) is 0.200. The smallest absolute Gasteiger partial charge is 0.288 e. The van der Waals surface area contributed by atoms with Crippen LogP contribution in [-0.4, -0.2) is 10.5 Å². The number of halogens is 3. The van der Waals surface area contributed by atoms with E-state index in [0.717, 1.165) is 23.5 Å². The predicted molar refractivity (Wildman–Crippen MR) is 101 cm³/mol. The van der Waals surface area contributed by atoms with Crippen molar-refractivity contribution in [3.05, 3.63) is 80.3 Å². The van der Waals surface area contributed by atoms with Crippen molar-refractivity contribution >= 4 is 28.7 Å². The molecule has 1 atom stereocenters. The molecule has 0 N–H and O–H groups in total. The van der Waals surface area contributed by atoms with Crippen molar-refractivity contribution < 1.29 is 18.0 Å². The lowest BCUT2D eigenvalue weighted by molar-refractivity contribution is -0.137. The van der Waals surface area contributed by atoms with Crippen molar-refractivity contribution in [2.75, 3.05) is 4.90 Å². The highest BCUT2D eigenvalue weighted by Crippen LogP contribution is 2.44. The highest BCUT2D eigenvalue weighted by Gasteiger charge is 2.38. The monoisotopic (exact) mass is 404 g/mol. The van der Waals surface area contributed by atoms with Crippen LogP contribution in [-0.2, 0) is 18.0 Å². The van der Waals surface area contributed by atoms with Gasteiger partial charge in [0.05, 0.1) is 16.1 Å². The van der Waals surface area contributed by atoms with Crippen LogP contribution in [0.3, 0.4) is 0 Å². The average molecular weight is 404 g/mol. The number of benzene rings is 2. The van der Waals surface area contributed by atoms with Crippen molar-refractivity contribution in [3.8, 4) is 0 Å². The van der Waals surface area contributed by atoms with Gasteiger partial charge in [-0.15, -0.1) is 0 Å². The highest BCUT2D eigenvalue weighted by atomic mass is 32.1. The second-order valence-corrected chi connectivity index (χ2v) is 7.55. The van der Waals surface area contributed by atoms with E-state index >= 15 is 0 Å². The minimum Gasteiger partial charge on any atom is -0.288 e. The van der Waals surface area contributed by atoms with Crippen molar-refractivity contribution in [2.45, 2.75) is 18.5 Å². The first-order chi connectivity index (χ1) is 13.3. The van der Waals surface area contributed by atoms with E-state index in [2.05, 4.69) is 0 Å². The number of thiazole rings is 1. The average Bonchev–Trinajstić information content (AvgIpc) is 2.96. The summed E-state index contributed by atoms with van der Waals surface area (Å²) in [5.74, 6) is -0.192. The summed E-state index contributed by atoms with van der Waals surface area (Å²) < 4.78 is 40.0. The van der Waals surface area contributed by atoms with Crippen LogP contribution in [0.2, 0.25) is 0 Å². The van der Waals surface area contributed by atoms with Gasteiger partial charge >= 0.3 is 11.0 Å². The maximum absolute atomic E-state index is 13.0. The zero-order valence-electron chi connectivity index (χ0n) is 14.7. The first kappa shape index (κ1) is 18.5. The van der Waals surface area contributed by atoms with Gasteiger partial charge in [0.1, 0.15) is 5.82 Å². The van der Waals surface area contributed by atoms with Crippen molar-refractivity contribution in [1.82, 2.24) is 4.57 Å². The standard InChI is InChI=1S/C20H15F3N2O2S/c1-24-18-17(28-19(24)27)15(12-7-9-13(10-8-12)20(21,22)23)11-16(26)25(18)14-5-3-2-4-6-14/h2-10,15H,11H2,1H3/t15-/m0/s1. The number of hydrogen-bond acceptors (Lipinski definition) is 3. The normalized spacial score (nSPS) is 16.9. The maximum atomic E-state index is 13.0. The molecular formula is C20H15F3N2O2S. The van der Waals surface area contributed by atoms with E-state index in [0.29, 0.717) is 21.9 Å². The van der Waals surface area contributed by atoms with Crippen LogP contribution in [0.15, 0.2) is 59.4 Å². The van der Waals surface area contributed by atoms with E-state index in [4.69, 9.17) is 0 Å². The summed E-state index contributed by atoms with van der Waals surface area (Å²) in [4.78, 5) is 27.3. The summed E-state index contributed by atoms with van der Waals surface area (Å²) in [6.45, 7) is 0. The number of aromatic nitrogens is 1. The van der Waals surface area contributed by atoms with E-state index in [1.165, 1.54) is 21.6 Å². The number of rotatable bonds is 2. The molecule has 2 aromatic carbocycles. The number of hydrogen-bond donors (Lipinski definition) is 0. The molecule has 4 rings (SSSR count). The van der Waals surface area contributed by atoms with Gasteiger partial charge in [-0.2, -0.15) is 13.2 Å². The first-order valence-electron chi connectivity index (χ1n) is 8.52. The topological polar surface area (TPSA) is 42.3 Å². The van der Waals surface area contributed by atoms with Gasteiger partial charge in [0.2, 0.25) is 5.91 Å². The molecule has 28 heavy (non-hydrogen) atoms. The summed E-state index contributed by atoms with van der Waals surface area (Å²) >= 11 is 1.02. The Morgan fingerprint density at radius 1 is 1.00 bits per heavy atom. The van der Waals surface area contributed by atoms with Gasteiger partial charge in [-0.05, 0) is 29.8 Å². The van der Waals surface area contributed by atoms with Crippen LogP contribution in [0, 0.1) is 0 Å². The van der Waals surface area contributed by atoms with Gasteiger partial charge in [0.25, 0.3) is 0 Å². The Morgan fingerprint density at radius 2 is 1.64 bits per heavy atom. The maximum Gasteiger partial charge on any atom is 0.416 e. The van der Waals surface area contributed by atoms with Crippen LogP contribution in [0.4, 0.5) is 24.7 Å². The lowest BCUT2D eigenvalue weighted by Crippen LogP contribution is -2.34. The van der Waals surface area contributed by atoms with Gasteiger partial charge in [-0.3, -0.25) is 19.1 Å². The summed E-state index contributed by atoms with van der Waals surface area (Å²) in [5.41, 5.74) is 0.482. The molecule has 4 nitrogen and oxygen atoms in total. The number of fused-ring (bicyclic) bond motifs is 1. The summed E-state index contributed by atoms with van der Waals surface area (Å²) in [6, 6.07) is 13.8. The molecule has 0 aliphatic carbocycles. The van der Waals surface area contributed by atoms with Crippen LogP contribution >= 0.6 is 11.3 Å². The van der Waals surface area contributed by atoms with E-state index in [-0.39, 0.29) is 17.2 Å². The van der Waals surface area contributed by atoms with E-state index in [1.807, 2.05) is 6.07 Å². The number of amides is 1. The van der Waals surface area contributed by atoms with Crippen LogP contribution < -0.4 is 9.77 Å². The molecule has 2 heterocycles. The van der Waals surface area contributed by atoms with Crippen LogP contribution in [0.1, 0.15) is 28.3 Å². The SMILES string of the molecule is Cn1c2c(sc1=O)[C@H](c1ccc(C(F)(F)F)cc1)CC(=O)N2c1ccccc1. The minimum absolute atomic E-state index is 0.0766. The lowest BCUT2D eigenvalue weighted by Gasteiger charge is -2.32. The van der Waals surface area contributed by atoms with E-state index in [9.17, 15) is 22.8 Å². The third-order valence-electron chi connectivity index (χ3n) is 4.82. The van der Waals surface area contributed by atoms with Gasteiger partial charge in [0.15, 0.2) is 0 Å². The van der Waals surface area contributed by atoms with Gasteiger partial charge < -0.3 is 0 Å². The second kappa shape index (κ2) is 6.63. The Kier molecular flexibility index (Phi) is 4.38. The van der Waals surface area contributed by atoms with Crippen LogP contribution in [0.25, 0.3) is 0 Å². The molecule has 0 fully saturated rings. The van der Waals surface area contributed by atoms with Crippen molar-refractivity contribution in [1.29, 1.82) is 0 Å². The first-order valence-corrected chi connectivity index (χ1v) is 9.34. The molecule has 8 heteroatoms. The number of anilines is 2. The Morgan fingerprint density at radius 3 is 2.25 bits per heavy atom.